The number of likely N-dealkylation sites (N-methyl/N-ethyl adjacent to an activating group) is 1. The molecule has 0 aliphatic rings. The van der Waals surface area contributed by atoms with Crippen LogP contribution in [0.5, 0.6) is 0 Å². The number of carbonyl (C=O) groups excluding carboxylic acids is 1. The number of carbonyl (C=O) groups is 1. The van der Waals surface area contributed by atoms with Crippen LogP contribution in [0.15, 0.2) is 18.2 Å². The second-order valence-electron chi connectivity index (χ2n) is 4.01. The summed E-state index contributed by atoms with van der Waals surface area (Å²) < 4.78 is 8.30. The van der Waals surface area contributed by atoms with Gasteiger partial charge >= 0.3 is 0 Å². The number of anilines is 1. The van der Waals surface area contributed by atoms with Gasteiger partial charge in [-0.15, -0.1) is 0 Å². The van der Waals surface area contributed by atoms with Crippen molar-refractivity contribution in [3.63, 3.8) is 0 Å². The van der Waals surface area contributed by atoms with Gasteiger partial charge in [-0.25, -0.2) is 0 Å². The highest BCUT2D eigenvalue weighted by molar-refractivity contribution is 7.00. The van der Waals surface area contributed by atoms with Crippen LogP contribution in [0.4, 0.5) is 5.69 Å². The monoisotopic (exact) mass is 265 g/mol. The molecule has 0 radical (unpaired) electrons. The van der Waals surface area contributed by atoms with Gasteiger partial charge in [0.2, 0.25) is 5.91 Å². The molecule has 0 unspecified atom stereocenters. The van der Waals surface area contributed by atoms with E-state index in [4.69, 9.17) is 5.73 Å². The number of benzene rings is 1. The van der Waals surface area contributed by atoms with Crippen LogP contribution in [0, 0.1) is 0 Å². The van der Waals surface area contributed by atoms with Gasteiger partial charge in [-0.05, 0) is 19.2 Å². The number of hydrogen-bond donors (Lipinski definition) is 2. The molecule has 0 atom stereocenters. The summed E-state index contributed by atoms with van der Waals surface area (Å²) in [7, 11) is 1.86. The van der Waals surface area contributed by atoms with E-state index in [1.54, 1.807) is 0 Å². The molecule has 0 spiro atoms. The number of fused-ring (bicyclic) bond motifs is 1. The first-order chi connectivity index (χ1) is 8.70. The van der Waals surface area contributed by atoms with Crippen molar-refractivity contribution < 1.29 is 4.79 Å². The Labute approximate surface area is 109 Å². The quantitative estimate of drug-likeness (QED) is 0.823. The van der Waals surface area contributed by atoms with Crippen molar-refractivity contribution in [2.24, 2.45) is 5.73 Å². The standard InChI is InChI=1S/C11H15N5OS/c1-16(6-5-12)7-10(17)13-8-3-2-4-9-11(8)15-18-14-9/h2-4H,5-7,12H2,1H3,(H,13,17). The third-order valence-corrected chi connectivity index (χ3v) is 3.03. The molecule has 2 aromatic rings. The summed E-state index contributed by atoms with van der Waals surface area (Å²) in [5.41, 5.74) is 7.66. The zero-order valence-corrected chi connectivity index (χ0v) is 10.9. The number of hydrogen-bond acceptors (Lipinski definition) is 6. The first-order valence-corrected chi connectivity index (χ1v) is 6.33. The van der Waals surface area contributed by atoms with Crippen LogP contribution >= 0.6 is 11.7 Å². The van der Waals surface area contributed by atoms with E-state index in [0.717, 1.165) is 22.8 Å². The van der Waals surface area contributed by atoms with E-state index in [9.17, 15) is 4.79 Å². The third-order valence-electron chi connectivity index (χ3n) is 2.48. The van der Waals surface area contributed by atoms with Crippen molar-refractivity contribution in [1.82, 2.24) is 13.6 Å². The van der Waals surface area contributed by atoms with Gasteiger partial charge in [-0.3, -0.25) is 9.69 Å². The van der Waals surface area contributed by atoms with Gasteiger partial charge in [0.15, 0.2) is 0 Å². The fraction of sp³-hybridized carbons (Fsp3) is 0.364. The van der Waals surface area contributed by atoms with Gasteiger partial charge < -0.3 is 11.1 Å². The third kappa shape index (κ3) is 3.00. The van der Waals surface area contributed by atoms with Crippen molar-refractivity contribution >= 4 is 34.4 Å². The summed E-state index contributed by atoms with van der Waals surface area (Å²) in [6.07, 6.45) is 0. The first kappa shape index (κ1) is 12.9. The molecule has 2 rings (SSSR count). The van der Waals surface area contributed by atoms with Crippen LogP contribution in [0.1, 0.15) is 0 Å². The molecule has 0 saturated carbocycles. The van der Waals surface area contributed by atoms with Crippen molar-refractivity contribution in [3.8, 4) is 0 Å². The van der Waals surface area contributed by atoms with Crippen LogP contribution in [-0.2, 0) is 4.79 Å². The minimum Gasteiger partial charge on any atom is -0.329 e. The molecular weight excluding hydrogens is 250 g/mol. The second-order valence-corrected chi connectivity index (χ2v) is 4.54. The molecule has 0 bridgehead atoms. The molecule has 0 aliphatic heterocycles. The lowest BCUT2D eigenvalue weighted by Gasteiger charge is -2.14. The lowest BCUT2D eigenvalue weighted by molar-refractivity contribution is -0.117. The van der Waals surface area contributed by atoms with E-state index in [2.05, 4.69) is 14.1 Å². The smallest absolute Gasteiger partial charge is 0.238 e. The normalized spacial score (nSPS) is 11.1. The van der Waals surface area contributed by atoms with Gasteiger partial charge in [0.05, 0.1) is 24.0 Å². The molecule has 6 nitrogen and oxygen atoms in total. The largest absolute Gasteiger partial charge is 0.329 e. The molecule has 7 heteroatoms. The second kappa shape index (κ2) is 5.85. The van der Waals surface area contributed by atoms with Crippen LogP contribution in [0.25, 0.3) is 11.0 Å². The topological polar surface area (TPSA) is 84.1 Å². The Kier molecular flexibility index (Phi) is 4.19. The van der Waals surface area contributed by atoms with E-state index < -0.39 is 0 Å². The molecule has 1 amide bonds. The Morgan fingerprint density at radius 1 is 1.50 bits per heavy atom. The number of nitrogens with one attached hydrogen (secondary N) is 1. The molecule has 0 fully saturated rings. The van der Waals surface area contributed by atoms with E-state index in [0.29, 0.717) is 25.3 Å². The van der Waals surface area contributed by atoms with E-state index in [-0.39, 0.29) is 5.91 Å². The maximum atomic E-state index is 11.8. The van der Waals surface area contributed by atoms with Crippen LogP contribution in [0.3, 0.4) is 0 Å². The fourth-order valence-electron chi connectivity index (χ4n) is 1.64. The molecule has 1 heterocycles. The van der Waals surface area contributed by atoms with Crippen LogP contribution in [-0.4, -0.2) is 46.2 Å². The van der Waals surface area contributed by atoms with Gasteiger partial charge in [-0.1, -0.05) is 6.07 Å². The lowest BCUT2D eigenvalue weighted by Crippen LogP contribution is -2.33. The summed E-state index contributed by atoms with van der Waals surface area (Å²) in [5, 5.41) is 2.84. The van der Waals surface area contributed by atoms with Crippen molar-refractivity contribution in [1.29, 1.82) is 0 Å². The highest BCUT2D eigenvalue weighted by Crippen LogP contribution is 2.20. The van der Waals surface area contributed by atoms with Crippen molar-refractivity contribution in [2.45, 2.75) is 0 Å². The number of rotatable bonds is 5. The number of nitrogens with two attached hydrogens (primary N) is 1. The Morgan fingerprint density at radius 2 is 2.33 bits per heavy atom. The van der Waals surface area contributed by atoms with Gasteiger partial charge in [0.1, 0.15) is 11.0 Å². The zero-order valence-electron chi connectivity index (χ0n) is 10.1. The maximum absolute atomic E-state index is 11.8. The van der Waals surface area contributed by atoms with E-state index >= 15 is 0 Å². The van der Waals surface area contributed by atoms with Gasteiger partial charge in [-0.2, -0.15) is 8.75 Å². The van der Waals surface area contributed by atoms with Crippen molar-refractivity contribution in [3.05, 3.63) is 18.2 Å². The van der Waals surface area contributed by atoms with Gasteiger partial charge in [0.25, 0.3) is 0 Å². The Hall–Kier alpha value is -1.57. The predicted molar refractivity (Wildman–Crippen MR) is 72.6 cm³/mol. The lowest BCUT2D eigenvalue weighted by atomic mass is 10.2. The molecule has 96 valence electrons. The Bertz CT molecular complexity index is 541. The molecule has 0 saturated heterocycles. The minimum absolute atomic E-state index is 0.0774. The first-order valence-electron chi connectivity index (χ1n) is 5.60. The molecule has 18 heavy (non-hydrogen) atoms. The Balaban J connectivity index is 2.05. The van der Waals surface area contributed by atoms with E-state index in [1.807, 2.05) is 30.1 Å². The fourth-order valence-corrected chi connectivity index (χ4v) is 2.19. The molecular formula is C11H15N5OS. The van der Waals surface area contributed by atoms with Crippen LogP contribution in [0.2, 0.25) is 0 Å². The summed E-state index contributed by atoms with van der Waals surface area (Å²) in [4.78, 5) is 13.7. The highest BCUT2D eigenvalue weighted by atomic mass is 32.1. The summed E-state index contributed by atoms with van der Waals surface area (Å²) in [6.45, 7) is 1.54. The highest BCUT2D eigenvalue weighted by Gasteiger charge is 2.10. The molecule has 1 aromatic heterocycles. The van der Waals surface area contributed by atoms with Crippen molar-refractivity contribution in [2.75, 3.05) is 32.0 Å². The minimum atomic E-state index is -0.0774. The number of aromatic nitrogens is 2. The zero-order chi connectivity index (χ0) is 13.0. The SMILES string of the molecule is CN(CCN)CC(=O)Nc1cccc2nsnc12. The maximum Gasteiger partial charge on any atom is 0.238 e. The predicted octanol–water partition coefficient (Wildman–Crippen LogP) is 0.520. The molecule has 3 N–H and O–H groups in total. The molecule has 1 aromatic carbocycles. The van der Waals surface area contributed by atoms with E-state index in [1.165, 1.54) is 0 Å². The summed E-state index contributed by atoms with van der Waals surface area (Å²) in [6, 6.07) is 5.54. The molecule has 0 aliphatic carbocycles. The number of nitrogens with zero attached hydrogens (tertiary/aromatic N) is 3. The average molecular weight is 265 g/mol. The van der Waals surface area contributed by atoms with Gasteiger partial charge in [0, 0.05) is 13.1 Å². The summed E-state index contributed by atoms with van der Waals surface area (Å²) >= 11 is 1.14. The summed E-state index contributed by atoms with van der Waals surface area (Å²) in [5.74, 6) is -0.0774. The number of amides is 1. The Morgan fingerprint density at radius 3 is 3.11 bits per heavy atom. The van der Waals surface area contributed by atoms with Crippen LogP contribution < -0.4 is 11.1 Å². The average Bonchev–Trinajstić information content (AvgIpc) is 2.78.